The normalized spacial score (nSPS) is 26.4. The first-order valence-corrected chi connectivity index (χ1v) is 8.35. The fraction of sp³-hybridized carbons (Fsp3) is 0.667. The first kappa shape index (κ1) is 14.9. The molecule has 1 saturated heterocycles. The Labute approximate surface area is 128 Å². The van der Waals surface area contributed by atoms with Gasteiger partial charge in [0.15, 0.2) is 0 Å². The van der Waals surface area contributed by atoms with Gasteiger partial charge in [0.25, 0.3) is 0 Å². The SMILES string of the molecule is COc1ccc2c(c1)CCCC2NCC1CCCN(C)C1. The summed E-state index contributed by atoms with van der Waals surface area (Å²) in [6.07, 6.45) is 6.46. The Bertz CT molecular complexity index is 474. The second-order valence-electron chi connectivity index (χ2n) is 6.69. The number of hydrogen-bond acceptors (Lipinski definition) is 3. The largest absolute Gasteiger partial charge is 0.497 e. The third kappa shape index (κ3) is 3.58. The monoisotopic (exact) mass is 288 g/mol. The molecule has 0 aromatic heterocycles. The van der Waals surface area contributed by atoms with E-state index in [4.69, 9.17) is 4.74 Å². The van der Waals surface area contributed by atoms with Crippen LogP contribution in [0.3, 0.4) is 0 Å². The molecule has 1 aromatic carbocycles. The number of hydrogen-bond donors (Lipinski definition) is 1. The van der Waals surface area contributed by atoms with Crippen LogP contribution in [-0.4, -0.2) is 38.7 Å². The van der Waals surface area contributed by atoms with Crippen molar-refractivity contribution in [3.63, 3.8) is 0 Å². The van der Waals surface area contributed by atoms with Gasteiger partial charge >= 0.3 is 0 Å². The van der Waals surface area contributed by atoms with Gasteiger partial charge in [-0.05, 0) is 81.4 Å². The van der Waals surface area contributed by atoms with Crippen LogP contribution >= 0.6 is 0 Å². The van der Waals surface area contributed by atoms with Crippen LogP contribution in [0, 0.1) is 5.92 Å². The van der Waals surface area contributed by atoms with Gasteiger partial charge in [0, 0.05) is 12.6 Å². The molecule has 3 nitrogen and oxygen atoms in total. The standard InChI is InChI=1S/C18H28N2O/c1-20-10-4-5-14(13-20)12-19-18-7-3-6-15-11-16(21-2)8-9-17(15)18/h8-9,11,14,18-19H,3-7,10,12-13H2,1-2H3. The van der Waals surface area contributed by atoms with Crippen molar-refractivity contribution >= 4 is 0 Å². The lowest BCUT2D eigenvalue weighted by molar-refractivity contribution is 0.201. The summed E-state index contributed by atoms with van der Waals surface area (Å²) in [4.78, 5) is 2.47. The van der Waals surface area contributed by atoms with Gasteiger partial charge in [0.1, 0.15) is 5.75 Å². The van der Waals surface area contributed by atoms with E-state index in [1.807, 2.05) is 0 Å². The van der Waals surface area contributed by atoms with Crippen LogP contribution in [0.5, 0.6) is 5.75 Å². The van der Waals surface area contributed by atoms with Crippen LogP contribution in [0.2, 0.25) is 0 Å². The number of piperidine rings is 1. The third-order valence-corrected chi connectivity index (χ3v) is 5.04. The van der Waals surface area contributed by atoms with Gasteiger partial charge in [-0.25, -0.2) is 0 Å². The Morgan fingerprint density at radius 1 is 1.29 bits per heavy atom. The molecule has 2 atom stereocenters. The quantitative estimate of drug-likeness (QED) is 0.922. The van der Waals surface area contributed by atoms with E-state index >= 15 is 0 Å². The maximum atomic E-state index is 5.36. The minimum atomic E-state index is 0.534. The predicted molar refractivity (Wildman–Crippen MR) is 86.9 cm³/mol. The topological polar surface area (TPSA) is 24.5 Å². The molecule has 0 saturated carbocycles. The Morgan fingerprint density at radius 2 is 2.19 bits per heavy atom. The minimum absolute atomic E-state index is 0.534. The molecule has 1 heterocycles. The summed E-state index contributed by atoms with van der Waals surface area (Å²) in [5, 5.41) is 3.84. The average Bonchev–Trinajstić information content (AvgIpc) is 2.52. The molecule has 116 valence electrons. The van der Waals surface area contributed by atoms with Gasteiger partial charge in [-0.15, -0.1) is 0 Å². The van der Waals surface area contributed by atoms with Crippen molar-refractivity contribution < 1.29 is 4.74 Å². The highest BCUT2D eigenvalue weighted by atomic mass is 16.5. The number of aryl methyl sites for hydroxylation is 1. The molecule has 2 aliphatic rings. The van der Waals surface area contributed by atoms with Crippen LogP contribution in [0.15, 0.2) is 18.2 Å². The molecule has 0 amide bonds. The molecule has 3 rings (SSSR count). The van der Waals surface area contributed by atoms with E-state index in [0.29, 0.717) is 6.04 Å². The molecule has 1 N–H and O–H groups in total. The van der Waals surface area contributed by atoms with Crippen LogP contribution in [0.1, 0.15) is 42.9 Å². The Balaban J connectivity index is 1.62. The molecule has 1 fully saturated rings. The first-order valence-electron chi connectivity index (χ1n) is 8.35. The number of fused-ring (bicyclic) bond motifs is 1. The maximum absolute atomic E-state index is 5.36. The van der Waals surface area contributed by atoms with E-state index in [9.17, 15) is 0 Å². The van der Waals surface area contributed by atoms with Gasteiger partial charge in [0.2, 0.25) is 0 Å². The Hall–Kier alpha value is -1.06. The van der Waals surface area contributed by atoms with Crippen molar-refractivity contribution in [3.05, 3.63) is 29.3 Å². The lowest BCUT2D eigenvalue weighted by Crippen LogP contribution is -2.38. The zero-order valence-electron chi connectivity index (χ0n) is 13.4. The van der Waals surface area contributed by atoms with E-state index in [0.717, 1.165) is 18.2 Å². The number of methoxy groups -OCH3 is 1. The van der Waals surface area contributed by atoms with Gasteiger partial charge in [-0.1, -0.05) is 6.07 Å². The number of likely N-dealkylation sites (tertiary alicyclic amines) is 1. The average molecular weight is 288 g/mol. The highest BCUT2D eigenvalue weighted by Gasteiger charge is 2.23. The van der Waals surface area contributed by atoms with E-state index in [-0.39, 0.29) is 0 Å². The molecule has 2 unspecified atom stereocenters. The second kappa shape index (κ2) is 6.80. The molecular formula is C18H28N2O. The first-order chi connectivity index (χ1) is 10.3. The van der Waals surface area contributed by atoms with Gasteiger partial charge < -0.3 is 15.0 Å². The zero-order chi connectivity index (χ0) is 14.7. The Kier molecular flexibility index (Phi) is 4.81. The smallest absolute Gasteiger partial charge is 0.119 e. The molecule has 3 heteroatoms. The molecule has 0 bridgehead atoms. The van der Waals surface area contributed by atoms with Crippen molar-refractivity contribution in [1.29, 1.82) is 0 Å². The number of ether oxygens (including phenoxy) is 1. The minimum Gasteiger partial charge on any atom is -0.497 e. The molecule has 1 aliphatic heterocycles. The summed E-state index contributed by atoms with van der Waals surface area (Å²) in [6, 6.07) is 7.12. The zero-order valence-corrected chi connectivity index (χ0v) is 13.4. The van der Waals surface area contributed by atoms with Crippen LogP contribution < -0.4 is 10.1 Å². The summed E-state index contributed by atoms with van der Waals surface area (Å²) in [5.41, 5.74) is 2.96. The van der Waals surface area contributed by atoms with E-state index < -0.39 is 0 Å². The van der Waals surface area contributed by atoms with Crippen LogP contribution in [-0.2, 0) is 6.42 Å². The molecular weight excluding hydrogens is 260 g/mol. The van der Waals surface area contributed by atoms with Crippen molar-refractivity contribution in [2.75, 3.05) is 33.8 Å². The van der Waals surface area contributed by atoms with Crippen LogP contribution in [0.4, 0.5) is 0 Å². The van der Waals surface area contributed by atoms with E-state index in [1.54, 1.807) is 7.11 Å². The number of rotatable bonds is 4. The lowest BCUT2D eigenvalue weighted by Gasteiger charge is -2.33. The fourth-order valence-corrected chi connectivity index (χ4v) is 3.88. The molecule has 21 heavy (non-hydrogen) atoms. The van der Waals surface area contributed by atoms with Crippen LogP contribution in [0.25, 0.3) is 0 Å². The van der Waals surface area contributed by atoms with Gasteiger partial charge in [-0.3, -0.25) is 0 Å². The summed E-state index contributed by atoms with van der Waals surface area (Å²) in [6.45, 7) is 3.66. The molecule has 0 spiro atoms. The second-order valence-corrected chi connectivity index (χ2v) is 6.69. The molecule has 1 aliphatic carbocycles. The predicted octanol–water partition coefficient (Wildman–Crippen LogP) is 3.00. The van der Waals surface area contributed by atoms with Crippen molar-refractivity contribution in [2.24, 2.45) is 5.92 Å². The summed E-state index contributed by atoms with van der Waals surface area (Å²) in [5.74, 6) is 1.80. The number of benzene rings is 1. The molecule has 1 aromatic rings. The highest BCUT2D eigenvalue weighted by molar-refractivity contribution is 5.39. The summed E-state index contributed by atoms with van der Waals surface area (Å²) in [7, 11) is 3.99. The number of nitrogens with zero attached hydrogens (tertiary/aromatic N) is 1. The van der Waals surface area contributed by atoms with E-state index in [2.05, 4.69) is 35.5 Å². The molecule has 0 radical (unpaired) electrons. The van der Waals surface area contributed by atoms with E-state index in [1.165, 1.54) is 56.3 Å². The van der Waals surface area contributed by atoms with Crippen molar-refractivity contribution in [2.45, 2.75) is 38.1 Å². The maximum Gasteiger partial charge on any atom is 0.119 e. The summed E-state index contributed by atoms with van der Waals surface area (Å²) >= 11 is 0. The van der Waals surface area contributed by atoms with Gasteiger partial charge in [-0.2, -0.15) is 0 Å². The summed E-state index contributed by atoms with van der Waals surface area (Å²) < 4.78 is 5.36. The van der Waals surface area contributed by atoms with Crippen molar-refractivity contribution in [3.8, 4) is 5.75 Å². The number of nitrogens with one attached hydrogen (secondary N) is 1. The third-order valence-electron chi connectivity index (χ3n) is 5.04. The lowest BCUT2D eigenvalue weighted by atomic mass is 9.87. The fourth-order valence-electron chi connectivity index (χ4n) is 3.88. The Morgan fingerprint density at radius 3 is 3.00 bits per heavy atom. The van der Waals surface area contributed by atoms with Gasteiger partial charge in [0.05, 0.1) is 7.11 Å². The van der Waals surface area contributed by atoms with Crippen molar-refractivity contribution in [1.82, 2.24) is 10.2 Å². The highest BCUT2D eigenvalue weighted by Crippen LogP contribution is 2.32.